The van der Waals surface area contributed by atoms with E-state index in [9.17, 15) is 9.18 Å². The van der Waals surface area contributed by atoms with Crippen LogP contribution in [0, 0.1) is 5.82 Å². The molecule has 2 unspecified atom stereocenters. The number of ether oxygens (including phenoxy) is 1. The van der Waals surface area contributed by atoms with Gasteiger partial charge in [0.15, 0.2) is 0 Å². The molecular formula is C14H18ClFN2O2. The van der Waals surface area contributed by atoms with E-state index in [-0.39, 0.29) is 23.0 Å². The first kappa shape index (κ1) is 15.2. The van der Waals surface area contributed by atoms with E-state index in [0.717, 1.165) is 0 Å². The molecule has 6 heteroatoms. The molecule has 2 rings (SSSR count). The quantitative estimate of drug-likeness (QED) is 0.926. The monoisotopic (exact) mass is 300 g/mol. The number of methoxy groups -OCH3 is 1. The Kier molecular flexibility index (Phi) is 4.96. The van der Waals surface area contributed by atoms with Gasteiger partial charge in [-0.25, -0.2) is 4.39 Å². The first-order valence-electron chi connectivity index (χ1n) is 6.53. The summed E-state index contributed by atoms with van der Waals surface area (Å²) in [6.07, 6.45) is 1.01. The number of hydrogen-bond acceptors (Lipinski definition) is 3. The second-order valence-corrected chi connectivity index (χ2v) is 5.31. The van der Waals surface area contributed by atoms with Crippen LogP contribution < -0.4 is 5.73 Å². The van der Waals surface area contributed by atoms with E-state index < -0.39 is 5.82 Å². The fraction of sp³-hybridized carbons (Fsp3) is 0.500. The fourth-order valence-corrected chi connectivity index (χ4v) is 2.67. The van der Waals surface area contributed by atoms with E-state index in [2.05, 4.69) is 0 Å². The number of amides is 1. The highest BCUT2D eigenvalue weighted by molar-refractivity contribution is 6.30. The number of nitrogens with zero attached hydrogens (tertiary/aromatic N) is 1. The molecular weight excluding hydrogens is 283 g/mol. The lowest BCUT2D eigenvalue weighted by Crippen LogP contribution is -2.49. The van der Waals surface area contributed by atoms with Crippen LogP contribution in [0.4, 0.5) is 4.39 Å². The average Bonchev–Trinajstić information content (AvgIpc) is 2.43. The number of hydrogen-bond donors (Lipinski definition) is 1. The van der Waals surface area contributed by atoms with Crippen LogP contribution in [-0.2, 0) is 9.53 Å². The van der Waals surface area contributed by atoms with Crippen LogP contribution in [0.5, 0.6) is 0 Å². The van der Waals surface area contributed by atoms with Crippen LogP contribution in [0.15, 0.2) is 18.2 Å². The molecule has 1 heterocycles. The van der Waals surface area contributed by atoms with Gasteiger partial charge in [0, 0.05) is 26.1 Å². The fourth-order valence-electron chi connectivity index (χ4n) is 2.55. The van der Waals surface area contributed by atoms with E-state index in [1.54, 1.807) is 18.1 Å². The Morgan fingerprint density at radius 1 is 1.55 bits per heavy atom. The molecule has 20 heavy (non-hydrogen) atoms. The minimum atomic E-state index is -0.499. The number of carbonyl (C=O) groups is 1. The van der Waals surface area contributed by atoms with Gasteiger partial charge in [-0.3, -0.25) is 4.79 Å². The third-order valence-electron chi connectivity index (χ3n) is 3.57. The maximum Gasteiger partial charge on any atom is 0.223 e. The van der Waals surface area contributed by atoms with Crippen LogP contribution >= 0.6 is 11.6 Å². The SMILES string of the molecule is COCCN1C(=O)CCC(N)C1c1ccc(Cl)c(F)c1. The minimum Gasteiger partial charge on any atom is -0.383 e. The molecule has 0 bridgehead atoms. The standard InChI is InChI=1S/C14H18ClFN2O2/c1-20-7-6-18-13(19)5-4-12(17)14(18)9-2-3-10(15)11(16)8-9/h2-3,8,12,14H,4-7,17H2,1H3. The van der Waals surface area contributed by atoms with Crippen molar-refractivity contribution < 1.29 is 13.9 Å². The third kappa shape index (κ3) is 3.11. The number of nitrogens with two attached hydrogens (primary N) is 1. The van der Waals surface area contributed by atoms with Gasteiger partial charge in [-0.05, 0) is 24.1 Å². The second kappa shape index (κ2) is 6.52. The molecule has 1 aliphatic rings. The van der Waals surface area contributed by atoms with Crippen LogP contribution in [0.3, 0.4) is 0 Å². The van der Waals surface area contributed by atoms with Crippen molar-refractivity contribution in [3.63, 3.8) is 0 Å². The zero-order valence-electron chi connectivity index (χ0n) is 11.3. The van der Waals surface area contributed by atoms with Gasteiger partial charge < -0.3 is 15.4 Å². The van der Waals surface area contributed by atoms with Crippen LogP contribution in [0.25, 0.3) is 0 Å². The molecule has 2 N–H and O–H groups in total. The molecule has 0 aliphatic carbocycles. The Bertz CT molecular complexity index is 498. The molecule has 0 aromatic heterocycles. The highest BCUT2D eigenvalue weighted by Crippen LogP contribution is 2.32. The summed E-state index contributed by atoms with van der Waals surface area (Å²) in [7, 11) is 1.57. The number of benzene rings is 1. The van der Waals surface area contributed by atoms with Crippen molar-refractivity contribution in [3.05, 3.63) is 34.6 Å². The zero-order chi connectivity index (χ0) is 14.7. The van der Waals surface area contributed by atoms with Gasteiger partial charge in [0.05, 0.1) is 17.7 Å². The molecule has 0 saturated carbocycles. The predicted molar refractivity (Wildman–Crippen MR) is 74.9 cm³/mol. The van der Waals surface area contributed by atoms with Gasteiger partial charge in [0.2, 0.25) is 5.91 Å². The molecule has 1 fully saturated rings. The molecule has 1 saturated heterocycles. The third-order valence-corrected chi connectivity index (χ3v) is 3.88. The highest BCUT2D eigenvalue weighted by atomic mass is 35.5. The van der Waals surface area contributed by atoms with Gasteiger partial charge >= 0.3 is 0 Å². The van der Waals surface area contributed by atoms with Crippen LogP contribution in [-0.4, -0.2) is 37.1 Å². The summed E-state index contributed by atoms with van der Waals surface area (Å²) in [5, 5.41) is 0.0629. The molecule has 1 amide bonds. The zero-order valence-corrected chi connectivity index (χ0v) is 12.1. The van der Waals surface area contributed by atoms with Gasteiger partial charge in [0.25, 0.3) is 0 Å². The van der Waals surface area contributed by atoms with E-state index in [4.69, 9.17) is 22.1 Å². The second-order valence-electron chi connectivity index (χ2n) is 4.90. The summed E-state index contributed by atoms with van der Waals surface area (Å²) in [6, 6.07) is 4.01. The number of rotatable bonds is 4. The first-order chi connectivity index (χ1) is 9.54. The lowest BCUT2D eigenvalue weighted by atomic mass is 9.90. The number of carbonyl (C=O) groups excluding carboxylic acids is 1. The summed E-state index contributed by atoms with van der Waals surface area (Å²) in [5.74, 6) is -0.481. The summed E-state index contributed by atoms with van der Waals surface area (Å²) in [5.41, 5.74) is 6.80. The van der Waals surface area contributed by atoms with E-state index in [0.29, 0.717) is 31.6 Å². The Hall–Kier alpha value is -1.17. The predicted octanol–water partition coefficient (Wildman–Crippen LogP) is 2.12. The van der Waals surface area contributed by atoms with Crippen LogP contribution in [0.1, 0.15) is 24.4 Å². The molecule has 4 nitrogen and oxygen atoms in total. The largest absolute Gasteiger partial charge is 0.383 e. The van der Waals surface area contributed by atoms with Gasteiger partial charge in [-0.15, -0.1) is 0 Å². The summed E-state index contributed by atoms with van der Waals surface area (Å²) in [4.78, 5) is 13.7. The summed E-state index contributed by atoms with van der Waals surface area (Å²) < 4.78 is 18.7. The highest BCUT2D eigenvalue weighted by Gasteiger charge is 2.34. The maximum atomic E-state index is 13.6. The average molecular weight is 301 g/mol. The normalized spacial score (nSPS) is 23.2. The molecule has 110 valence electrons. The Morgan fingerprint density at radius 3 is 2.95 bits per heavy atom. The smallest absolute Gasteiger partial charge is 0.223 e. The number of likely N-dealkylation sites (tertiary alicyclic amines) is 1. The first-order valence-corrected chi connectivity index (χ1v) is 6.91. The number of halogens is 2. The molecule has 1 aromatic rings. The van der Waals surface area contributed by atoms with Gasteiger partial charge in [-0.2, -0.15) is 0 Å². The molecule has 2 atom stereocenters. The van der Waals surface area contributed by atoms with Crippen molar-refractivity contribution in [2.24, 2.45) is 5.73 Å². The van der Waals surface area contributed by atoms with E-state index >= 15 is 0 Å². The lowest BCUT2D eigenvalue weighted by Gasteiger charge is -2.40. The van der Waals surface area contributed by atoms with Crippen molar-refractivity contribution in [2.75, 3.05) is 20.3 Å². The number of piperidine rings is 1. The maximum absolute atomic E-state index is 13.6. The summed E-state index contributed by atoms with van der Waals surface area (Å²) in [6.45, 7) is 0.864. The van der Waals surface area contributed by atoms with Crippen LogP contribution in [0.2, 0.25) is 5.02 Å². The summed E-state index contributed by atoms with van der Waals surface area (Å²) >= 11 is 5.70. The minimum absolute atomic E-state index is 0.0177. The van der Waals surface area contributed by atoms with Crippen molar-refractivity contribution in [1.82, 2.24) is 4.90 Å². The van der Waals surface area contributed by atoms with Crippen molar-refractivity contribution >= 4 is 17.5 Å². The van der Waals surface area contributed by atoms with Gasteiger partial charge in [-0.1, -0.05) is 17.7 Å². The Balaban J connectivity index is 2.31. The van der Waals surface area contributed by atoms with E-state index in [1.807, 2.05) is 0 Å². The van der Waals surface area contributed by atoms with Crippen molar-refractivity contribution in [3.8, 4) is 0 Å². The molecule has 0 radical (unpaired) electrons. The lowest BCUT2D eigenvalue weighted by molar-refractivity contribution is -0.138. The topological polar surface area (TPSA) is 55.6 Å². The van der Waals surface area contributed by atoms with Crippen molar-refractivity contribution in [2.45, 2.75) is 24.9 Å². The van der Waals surface area contributed by atoms with Gasteiger partial charge in [0.1, 0.15) is 5.82 Å². The molecule has 0 spiro atoms. The van der Waals surface area contributed by atoms with Crippen molar-refractivity contribution in [1.29, 1.82) is 0 Å². The Labute approximate surface area is 122 Å². The van der Waals surface area contributed by atoms with E-state index in [1.165, 1.54) is 12.1 Å². The molecule has 1 aromatic carbocycles. The Morgan fingerprint density at radius 2 is 2.30 bits per heavy atom. The molecule has 1 aliphatic heterocycles.